The van der Waals surface area contributed by atoms with Crippen molar-refractivity contribution in [3.8, 4) is 0 Å². The predicted molar refractivity (Wildman–Crippen MR) is 83.1 cm³/mol. The van der Waals surface area contributed by atoms with E-state index in [0.717, 1.165) is 44.4 Å². The normalized spacial score (nSPS) is 24.0. The summed E-state index contributed by atoms with van der Waals surface area (Å²) >= 11 is 0. The number of H-pyrrole nitrogens is 1. The molecule has 6 heteroatoms. The molecule has 2 fully saturated rings. The van der Waals surface area contributed by atoms with Crippen LogP contribution >= 0.6 is 0 Å². The standard InChI is InChI=1S/C15H24N4O2/c1-12-4-2-3-5-19(11-12)15-16-13(10-14(20)17-15)18-6-8-21-9-7-18/h10,12H,2-9,11H2,1H3,(H,16,17,20)/t12-/m1/s1. The number of nitrogens with one attached hydrogen (secondary N) is 1. The minimum Gasteiger partial charge on any atom is -0.378 e. The summed E-state index contributed by atoms with van der Waals surface area (Å²) in [6.07, 6.45) is 3.67. The zero-order valence-corrected chi connectivity index (χ0v) is 12.7. The molecule has 0 bridgehead atoms. The largest absolute Gasteiger partial charge is 0.378 e. The topological polar surface area (TPSA) is 61.5 Å². The van der Waals surface area contributed by atoms with E-state index in [-0.39, 0.29) is 5.56 Å². The summed E-state index contributed by atoms with van der Waals surface area (Å²) in [7, 11) is 0. The Labute approximate surface area is 125 Å². The van der Waals surface area contributed by atoms with Crippen molar-refractivity contribution in [2.45, 2.75) is 26.2 Å². The fourth-order valence-electron chi connectivity index (χ4n) is 3.08. The second-order valence-electron chi connectivity index (χ2n) is 6.07. The van der Waals surface area contributed by atoms with E-state index >= 15 is 0 Å². The molecule has 2 aliphatic rings. The van der Waals surface area contributed by atoms with Crippen LogP contribution in [0, 0.1) is 5.92 Å². The van der Waals surface area contributed by atoms with Gasteiger partial charge in [0.1, 0.15) is 5.82 Å². The molecule has 116 valence electrons. The highest BCUT2D eigenvalue weighted by Gasteiger charge is 2.19. The van der Waals surface area contributed by atoms with E-state index in [2.05, 4.69) is 21.7 Å². The number of ether oxygens (including phenoxy) is 1. The zero-order valence-electron chi connectivity index (χ0n) is 12.7. The number of aromatic nitrogens is 2. The molecular formula is C15H24N4O2. The Bertz CT molecular complexity index is 525. The average molecular weight is 292 g/mol. The Hall–Kier alpha value is -1.56. The van der Waals surface area contributed by atoms with Crippen LogP contribution in [0.4, 0.5) is 11.8 Å². The summed E-state index contributed by atoms with van der Waals surface area (Å²) in [5.74, 6) is 2.14. The van der Waals surface area contributed by atoms with E-state index in [1.807, 2.05) is 0 Å². The van der Waals surface area contributed by atoms with Gasteiger partial charge in [0.05, 0.1) is 13.2 Å². The lowest BCUT2D eigenvalue weighted by atomic mass is 10.1. The lowest BCUT2D eigenvalue weighted by Crippen LogP contribution is -2.38. The van der Waals surface area contributed by atoms with E-state index < -0.39 is 0 Å². The number of hydrogen-bond acceptors (Lipinski definition) is 5. The van der Waals surface area contributed by atoms with Crippen LogP contribution in [0.15, 0.2) is 10.9 Å². The number of rotatable bonds is 2. The number of morpholine rings is 1. The SMILES string of the molecule is C[C@@H]1CCCCN(c2nc(N3CCOCC3)cc(=O)[nH]2)C1. The van der Waals surface area contributed by atoms with Gasteiger partial charge < -0.3 is 14.5 Å². The van der Waals surface area contributed by atoms with Crippen molar-refractivity contribution < 1.29 is 4.74 Å². The summed E-state index contributed by atoms with van der Waals surface area (Å²) in [4.78, 5) is 23.9. The lowest BCUT2D eigenvalue weighted by Gasteiger charge is -2.29. The molecule has 3 rings (SSSR count). The van der Waals surface area contributed by atoms with Crippen LogP contribution in [0.5, 0.6) is 0 Å². The number of anilines is 2. The van der Waals surface area contributed by atoms with Gasteiger partial charge in [-0.15, -0.1) is 0 Å². The Morgan fingerprint density at radius 3 is 2.86 bits per heavy atom. The molecule has 1 atom stereocenters. The van der Waals surface area contributed by atoms with E-state index in [0.29, 0.717) is 19.1 Å². The molecule has 2 saturated heterocycles. The third-order valence-electron chi connectivity index (χ3n) is 4.26. The second-order valence-corrected chi connectivity index (χ2v) is 6.07. The Morgan fingerprint density at radius 2 is 2.05 bits per heavy atom. The Morgan fingerprint density at radius 1 is 1.24 bits per heavy atom. The van der Waals surface area contributed by atoms with Gasteiger partial charge in [0, 0.05) is 32.2 Å². The Balaban J connectivity index is 1.84. The smallest absolute Gasteiger partial charge is 0.254 e. The maximum Gasteiger partial charge on any atom is 0.254 e. The number of nitrogens with zero attached hydrogens (tertiary/aromatic N) is 3. The molecule has 1 aromatic rings. The predicted octanol–water partition coefficient (Wildman–Crippen LogP) is 1.23. The van der Waals surface area contributed by atoms with E-state index in [1.54, 1.807) is 6.07 Å². The molecule has 0 spiro atoms. The first kappa shape index (κ1) is 14.4. The molecule has 1 N–H and O–H groups in total. The van der Waals surface area contributed by atoms with E-state index in [9.17, 15) is 4.79 Å². The quantitative estimate of drug-likeness (QED) is 0.888. The van der Waals surface area contributed by atoms with Gasteiger partial charge in [-0.3, -0.25) is 9.78 Å². The van der Waals surface area contributed by atoms with E-state index in [4.69, 9.17) is 9.72 Å². The van der Waals surface area contributed by atoms with Gasteiger partial charge in [-0.2, -0.15) is 4.98 Å². The molecule has 0 unspecified atom stereocenters. The van der Waals surface area contributed by atoms with Gasteiger partial charge >= 0.3 is 0 Å². The summed E-state index contributed by atoms with van der Waals surface area (Å²) < 4.78 is 5.36. The van der Waals surface area contributed by atoms with Crippen LogP contribution in [0.2, 0.25) is 0 Å². The molecular weight excluding hydrogens is 268 g/mol. The minimum atomic E-state index is -0.0709. The van der Waals surface area contributed by atoms with Gasteiger partial charge in [0.15, 0.2) is 0 Å². The van der Waals surface area contributed by atoms with Crippen molar-refractivity contribution in [1.82, 2.24) is 9.97 Å². The maximum absolute atomic E-state index is 12.0. The number of hydrogen-bond donors (Lipinski definition) is 1. The number of aromatic amines is 1. The molecule has 3 heterocycles. The summed E-state index contributed by atoms with van der Waals surface area (Å²) in [6.45, 7) is 7.20. The van der Waals surface area contributed by atoms with Gasteiger partial charge in [0.2, 0.25) is 5.95 Å². The lowest BCUT2D eigenvalue weighted by molar-refractivity contribution is 0.122. The van der Waals surface area contributed by atoms with Gasteiger partial charge in [0.25, 0.3) is 5.56 Å². The van der Waals surface area contributed by atoms with Gasteiger partial charge in [-0.25, -0.2) is 0 Å². The van der Waals surface area contributed by atoms with E-state index in [1.165, 1.54) is 12.8 Å². The molecule has 6 nitrogen and oxygen atoms in total. The summed E-state index contributed by atoms with van der Waals surface area (Å²) in [6, 6.07) is 1.59. The van der Waals surface area contributed by atoms with Crippen molar-refractivity contribution in [3.05, 3.63) is 16.4 Å². The molecule has 0 radical (unpaired) electrons. The summed E-state index contributed by atoms with van der Waals surface area (Å²) in [5.41, 5.74) is -0.0709. The fourth-order valence-corrected chi connectivity index (χ4v) is 3.08. The van der Waals surface area contributed by atoms with Crippen molar-refractivity contribution in [2.75, 3.05) is 49.2 Å². The monoisotopic (exact) mass is 292 g/mol. The van der Waals surface area contributed by atoms with Crippen molar-refractivity contribution >= 4 is 11.8 Å². The van der Waals surface area contributed by atoms with Crippen LogP contribution in [0.3, 0.4) is 0 Å². The second kappa shape index (κ2) is 6.47. The zero-order chi connectivity index (χ0) is 14.7. The minimum absolute atomic E-state index is 0.0709. The summed E-state index contributed by atoms with van der Waals surface area (Å²) in [5, 5.41) is 0. The van der Waals surface area contributed by atoms with Crippen LogP contribution in [-0.2, 0) is 4.74 Å². The van der Waals surface area contributed by atoms with Crippen LogP contribution in [0.25, 0.3) is 0 Å². The molecule has 0 aromatic carbocycles. The fraction of sp³-hybridized carbons (Fsp3) is 0.733. The van der Waals surface area contributed by atoms with Crippen LogP contribution in [0.1, 0.15) is 26.2 Å². The maximum atomic E-state index is 12.0. The molecule has 21 heavy (non-hydrogen) atoms. The van der Waals surface area contributed by atoms with Gasteiger partial charge in [-0.05, 0) is 18.8 Å². The molecule has 1 aromatic heterocycles. The highest BCUT2D eigenvalue weighted by molar-refractivity contribution is 5.44. The van der Waals surface area contributed by atoms with Gasteiger partial charge in [-0.1, -0.05) is 13.3 Å². The van der Waals surface area contributed by atoms with Crippen LogP contribution in [-0.4, -0.2) is 49.4 Å². The molecule has 0 amide bonds. The highest BCUT2D eigenvalue weighted by Crippen LogP contribution is 2.20. The molecule has 0 saturated carbocycles. The first-order valence-electron chi connectivity index (χ1n) is 7.91. The molecule has 2 aliphatic heterocycles. The van der Waals surface area contributed by atoms with Crippen LogP contribution < -0.4 is 15.4 Å². The van der Waals surface area contributed by atoms with Crippen molar-refractivity contribution in [1.29, 1.82) is 0 Å². The van der Waals surface area contributed by atoms with Crippen molar-refractivity contribution in [3.63, 3.8) is 0 Å². The first-order chi connectivity index (χ1) is 10.2. The van der Waals surface area contributed by atoms with Crippen molar-refractivity contribution in [2.24, 2.45) is 5.92 Å². The average Bonchev–Trinajstić information content (AvgIpc) is 2.72. The Kier molecular flexibility index (Phi) is 4.43. The third-order valence-corrected chi connectivity index (χ3v) is 4.26. The highest BCUT2D eigenvalue weighted by atomic mass is 16.5. The molecule has 0 aliphatic carbocycles. The first-order valence-corrected chi connectivity index (χ1v) is 7.91. The third kappa shape index (κ3) is 3.56.